The number of amides is 2. The van der Waals surface area contributed by atoms with Crippen LogP contribution in [0.2, 0.25) is 0 Å². The second-order valence-corrected chi connectivity index (χ2v) is 7.38. The zero-order valence-electron chi connectivity index (χ0n) is 18.3. The molecule has 0 heterocycles. The van der Waals surface area contributed by atoms with Gasteiger partial charge in [0.25, 0.3) is 5.91 Å². The lowest BCUT2D eigenvalue weighted by atomic mass is 9.91. The molecule has 0 radical (unpaired) electrons. The van der Waals surface area contributed by atoms with Gasteiger partial charge in [-0.05, 0) is 63.9 Å². The summed E-state index contributed by atoms with van der Waals surface area (Å²) < 4.78 is 17.2. The molecule has 32 heavy (non-hydrogen) atoms. The van der Waals surface area contributed by atoms with Crippen LogP contribution in [0.25, 0.3) is 32.7 Å². The number of carbonyl (C=O) groups excluding carboxylic acids is 1. The van der Waals surface area contributed by atoms with Crippen molar-refractivity contribution in [3.63, 3.8) is 0 Å². The zero-order valence-corrected chi connectivity index (χ0v) is 18.3. The van der Waals surface area contributed by atoms with Crippen LogP contribution in [0.3, 0.4) is 0 Å². The van der Waals surface area contributed by atoms with Gasteiger partial charge in [0, 0.05) is 19.8 Å². The van der Waals surface area contributed by atoms with Crippen molar-refractivity contribution in [2.45, 2.75) is 12.8 Å². The normalized spacial score (nSPS) is 11.6. The Kier molecular flexibility index (Phi) is 5.99. The molecular weight excluding hydrogens is 404 g/mol. The van der Waals surface area contributed by atoms with E-state index in [0.29, 0.717) is 12.2 Å². The summed E-state index contributed by atoms with van der Waals surface area (Å²) in [5.41, 5.74) is 7.81. The van der Waals surface area contributed by atoms with Crippen LogP contribution < -0.4 is 15.8 Å². The van der Waals surface area contributed by atoms with Crippen molar-refractivity contribution in [2.75, 3.05) is 20.8 Å². The van der Waals surface area contributed by atoms with E-state index >= 15 is 0 Å². The SMILES string of the molecule is CCOc1cc(-c2ccccc2C(NC(N)=O)(OC)OC)c2cc3ccccc3cc2c1. The molecule has 2 amide bonds. The Morgan fingerprint density at radius 3 is 2.19 bits per heavy atom. The van der Waals surface area contributed by atoms with E-state index in [4.69, 9.17) is 19.9 Å². The number of ether oxygens (including phenoxy) is 3. The number of hydrogen-bond donors (Lipinski definition) is 2. The van der Waals surface area contributed by atoms with Crippen LogP contribution in [0.15, 0.2) is 72.8 Å². The number of rotatable bonds is 7. The van der Waals surface area contributed by atoms with Gasteiger partial charge in [-0.2, -0.15) is 0 Å². The van der Waals surface area contributed by atoms with E-state index in [1.807, 2.05) is 55.5 Å². The number of methoxy groups -OCH3 is 2. The number of urea groups is 1. The molecule has 6 nitrogen and oxygen atoms in total. The molecule has 0 aliphatic heterocycles. The molecule has 0 atom stereocenters. The second-order valence-electron chi connectivity index (χ2n) is 7.38. The molecule has 3 N–H and O–H groups in total. The number of fused-ring (bicyclic) bond motifs is 2. The lowest BCUT2D eigenvalue weighted by molar-refractivity contribution is -0.228. The van der Waals surface area contributed by atoms with Crippen molar-refractivity contribution in [2.24, 2.45) is 5.73 Å². The number of benzene rings is 4. The molecule has 164 valence electrons. The molecule has 0 saturated heterocycles. The quantitative estimate of drug-likeness (QED) is 0.315. The Morgan fingerprint density at radius 1 is 0.875 bits per heavy atom. The first-order valence-electron chi connectivity index (χ1n) is 10.4. The third kappa shape index (κ3) is 3.86. The van der Waals surface area contributed by atoms with E-state index in [1.165, 1.54) is 14.2 Å². The third-order valence-electron chi connectivity index (χ3n) is 5.54. The zero-order chi connectivity index (χ0) is 22.7. The fourth-order valence-electron chi connectivity index (χ4n) is 4.14. The average Bonchev–Trinajstić information content (AvgIpc) is 2.81. The highest BCUT2D eigenvalue weighted by Crippen LogP contribution is 2.40. The first-order chi connectivity index (χ1) is 15.5. The molecule has 4 aromatic carbocycles. The van der Waals surface area contributed by atoms with Gasteiger partial charge in [0.05, 0.1) is 6.61 Å². The van der Waals surface area contributed by atoms with Gasteiger partial charge in [-0.3, -0.25) is 5.32 Å². The summed E-state index contributed by atoms with van der Waals surface area (Å²) in [6, 6.07) is 23.4. The van der Waals surface area contributed by atoms with Crippen LogP contribution in [-0.2, 0) is 15.4 Å². The summed E-state index contributed by atoms with van der Waals surface area (Å²) in [6.45, 7) is 2.50. The molecule has 6 heteroatoms. The first-order valence-corrected chi connectivity index (χ1v) is 10.4. The molecule has 0 spiro atoms. The summed E-state index contributed by atoms with van der Waals surface area (Å²) in [6.07, 6.45) is 0. The number of hydrogen-bond acceptors (Lipinski definition) is 4. The standard InChI is InChI=1S/C26H26N2O4/c1-4-32-20-14-19-13-17-9-5-6-10-18(17)15-22(19)23(16-20)21-11-7-8-12-24(21)26(30-2,31-3)28-25(27)29/h5-16H,4H2,1-3H3,(H3,27,28,29). The minimum absolute atomic E-state index is 0.545. The van der Waals surface area contributed by atoms with Gasteiger partial charge in [-0.25, -0.2) is 4.79 Å². The smallest absolute Gasteiger partial charge is 0.316 e. The van der Waals surface area contributed by atoms with Crippen molar-refractivity contribution in [1.82, 2.24) is 5.32 Å². The number of nitrogens with one attached hydrogen (secondary N) is 1. The number of nitrogens with two attached hydrogens (primary N) is 1. The molecule has 0 aromatic heterocycles. The van der Waals surface area contributed by atoms with E-state index < -0.39 is 11.9 Å². The lowest BCUT2D eigenvalue weighted by Gasteiger charge is -2.33. The van der Waals surface area contributed by atoms with E-state index in [9.17, 15) is 4.79 Å². The van der Waals surface area contributed by atoms with Gasteiger partial charge in [0.1, 0.15) is 5.75 Å². The maximum absolute atomic E-state index is 11.8. The minimum atomic E-state index is -1.55. The lowest BCUT2D eigenvalue weighted by Crippen LogP contribution is -2.51. The van der Waals surface area contributed by atoms with Crippen molar-refractivity contribution < 1.29 is 19.0 Å². The number of primary amides is 1. The summed E-state index contributed by atoms with van der Waals surface area (Å²) in [7, 11) is 2.91. The molecule has 0 saturated carbocycles. The highest BCUT2D eigenvalue weighted by atomic mass is 16.7. The summed E-state index contributed by atoms with van der Waals surface area (Å²) in [4.78, 5) is 11.8. The molecule has 4 rings (SSSR count). The van der Waals surface area contributed by atoms with Crippen LogP contribution in [-0.4, -0.2) is 26.9 Å². The average molecular weight is 431 g/mol. The fourth-order valence-corrected chi connectivity index (χ4v) is 4.14. The van der Waals surface area contributed by atoms with E-state index in [1.54, 1.807) is 0 Å². The Bertz CT molecular complexity index is 1280. The molecule has 4 aromatic rings. The molecular formula is C26H26N2O4. The van der Waals surface area contributed by atoms with Gasteiger partial charge in [-0.15, -0.1) is 0 Å². The Balaban J connectivity index is 2.05. The van der Waals surface area contributed by atoms with Crippen molar-refractivity contribution in [1.29, 1.82) is 0 Å². The Morgan fingerprint density at radius 2 is 1.53 bits per heavy atom. The van der Waals surface area contributed by atoms with E-state index in [2.05, 4.69) is 29.6 Å². The second kappa shape index (κ2) is 8.86. The van der Waals surface area contributed by atoms with Crippen molar-refractivity contribution in [3.8, 4) is 16.9 Å². The minimum Gasteiger partial charge on any atom is -0.494 e. The topological polar surface area (TPSA) is 82.8 Å². The summed E-state index contributed by atoms with van der Waals surface area (Å²) in [5.74, 6) is -0.795. The Hall–Kier alpha value is -3.61. The van der Waals surface area contributed by atoms with E-state index in [-0.39, 0.29) is 0 Å². The molecule has 0 fully saturated rings. The molecule has 0 aliphatic rings. The van der Waals surface area contributed by atoms with Gasteiger partial charge in [0.15, 0.2) is 0 Å². The summed E-state index contributed by atoms with van der Waals surface area (Å²) >= 11 is 0. The van der Waals surface area contributed by atoms with Crippen LogP contribution in [0.1, 0.15) is 12.5 Å². The predicted molar refractivity (Wildman–Crippen MR) is 126 cm³/mol. The Labute approximate surface area is 186 Å². The van der Waals surface area contributed by atoms with Crippen molar-refractivity contribution in [3.05, 3.63) is 78.4 Å². The van der Waals surface area contributed by atoms with Gasteiger partial charge >= 0.3 is 6.03 Å². The first kappa shape index (κ1) is 21.6. The molecule has 0 unspecified atom stereocenters. The number of carbonyl (C=O) groups is 1. The highest BCUT2D eigenvalue weighted by Gasteiger charge is 2.36. The maximum atomic E-state index is 11.8. The highest BCUT2D eigenvalue weighted by molar-refractivity contribution is 6.06. The summed E-state index contributed by atoms with van der Waals surface area (Å²) in [5, 5.41) is 6.96. The van der Waals surface area contributed by atoms with E-state index in [0.717, 1.165) is 38.4 Å². The van der Waals surface area contributed by atoms with Crippen LogP contribution in [0.4, 0.5) is 4.79 Å². The van der Waals surface area contributed by atoms with Gasteiger partial charge in [0.2, 0.25) is 0 Å². The van der Waals surface area contributed by atoms with Crippen LogP contribution >= 0.6 is 0 Å². The maximum Gasteiger partial charge on any atom is 0.316 e. The van der Waals surface area contributed by atoms with Crippen molar-refractivity contribution >= 4 is 27.6 Å². The molecule has 0 bridgehead atoms. The van der Waals surface area contributed by atoms with Gasteiger partial charge < -0.3 is 19.9 Å². The molecule has 0 aliphatic carbocycles. The predicted octanol–water partition coefficient (Wildman–Crippen LogP) is 5.13. The monoisotopic (exact) mass is 430 g/mol. The van der Waals surface area contributed by atoms with Crippen LogP contribution in [0, 0.1) is 0 Å². The van der Waals surface area contributed by atoms with Gasteiger partial charge in [-0.1, -0.05) is 48.5 Å². The van der Waals surface area contributed by atoms with Crippen LogP contribution in [0.5, 0.6) is 5.75 Å². The third-order valence-corrected chi connectivity index (χ3v) is 5.54. The largest absolute Gasteiger partial charge is 0.494 e. The fraction of sp³-hybridized carbons (Fsp3) is 0.192.